The fraction of sp³-hybridized carbons (Fsp3) is 0.100. The van der Waals surface area contributed by atoms with Gasteiger partial charge in [-0.3, -0.25) is 4.79 Å². The average Bonchev–Trinajstić information content (AvgIpc) is 2.69. The summed E-state index contributed by atoms with van der Waals surface area (Å²) >= 11 is 0. The van der Waals surface area contributed by atoms with E-state index in [-0.39, 0.29) is 17.4 Å². The lowest BCUT2D eigenvalue weighted by Crippen LogP contribution is -2.14. The number of nitrogens with one attached hydrogen (secondary N) is 2. The van der Waals surface area contributed by atoms with Crippen LogP contribution in [0.1, 0.15) is 10.5 Å². The summed E-state index contributed by atoms with van der Waals surface area (Å²) in [6.07, 6.45) is 1.51. The Morgan fingerprint density at radius 3 is 2.52 bits per heavy atom. The number of ether oxygens (including phenoxy) is 2. The van der Waals surface area contributed by atoms with Gasteiger partial charge in [-0.15, -0.1) is 0 Å². The molecule has 0 atom stereocenters. The van der Waals surface area contributed by atoms with Gasteiger partial charge in [-0.2, -0.15) is 0 Å². The van der Waals surface area contributed by atoms with Crippen molar-refractivity contribution in [3.05, 3.63) is 72.3 Å². The van der Waals surface area contributed by atoms with Crippen LogP contribution in [0.25, 0.3) is 0 Å². The Balaban J connectivity index is 1.71. The third-order valence-corrected chi connectivity index (χ3v) is 3.77. The first-order valence-corrected chi connectivity index (χ1v) is 8.11. The molecule has 138 valence electrons. The molecule has 1 heterocycles. The third kappa shape index (κ3) is 4.52. The molecule has 1 aromatic heterocycles. The Labute approximate surface area is 156 Å². The van der Waals surface area contributed by atoms with Crippen LogP contribution in [0.15, 0.2) is 60.8 Å². The van der Waals surface area contributed by atoms with Crippen molar-refractivity contribution < 1.29 is 18.7 Å². The van der Waals surface area contributed by atoms with E-state index in [1.54, 1.807) is 49.6 Å². The highest BCUT2D eigenvalue weighted by atomic mass is 19.1. The van der Waals surface area contributed by atoms with E-state index in [4.69, 9.17) is 9.47 Å². The number of hydrogen-bond donors (Lipinski definition) is 2. The SMILES string of the molecule is COc1ccc(NC(=O)c2ccc(Nc3cccc(F)c3)cn2)c(OC)c1. The maximum absolute atomic E-state index is 13.2. The van der Waals surface area contributed by atoms with Gasteiger partial charge in [0, 0.05) is 11.8 Å². The van der Waals surface area contributed by atoms with Gasteiger partial charge in [-0.25, -0.2) is 9.37 Å². The second kappa shape index (κ2) is 8.18. The summed E-state index contributed by atoms with van der Waals surface area (Å²) in [5.74, 6) is 0.385. The fourth-order valence-corrected chi connectivity index (χ4v) is 2.42. The quantitative estimate of drug-likeness (QED) is 0.682. The van der Waals surface area contributed by atoms with E-state index in [0.717, 1.165) is 0 Å². The lowest BCUT2D eigenvalue weighted by molar-refractivity contribution is 0.102. The Morgan fingerprint density at radius 1 is 1.00 bits per heavy atom. The van der Waals surface area contributed by atoms with Gasteiger partial charge in [0.2, 0.25) is 0 Å². The lowest BCUT2D eigenvalue weighted by atomic mass is 10.2. The first-order valence-electron chi connectivity index (χ1n) is 8.11. The van der Waals surface area contributed by atoms with Crippen LogP contribution in [0.4, 0.5) is 21.5 Å². The molecule has 0 bridgehead atoms. The highest BCUT2D eigenvalue weighted by Crippen LogP contribution is 2.29. The zero-order valence-electron chi connectivity index (χ0n) is 14.8. The number of aromatic nitrogens is 1. The Hall–Kier alpha value is -3.61. The number of amides is 1. The summed E-state index contributed by atoms with van der Waals surface area (Å²) in [5.41, 5.74) is 1.97. The van der Waals surface area contributed by atoms with E-state index < -0.39 is 0 Å². The van der Waals surface area contributed by atoms with Gasteiger partial charge in [-0.05, 0) is 42.5 Å². The van der Waals surface area contributed by atoms with Crippen LogP contribution < -0.4 is 20.1 Å². The minimum atomic E-state index is -0.379. The van der Waals surface area contributed by atoms with E-state index in [2.05, 4.69) is 15.6 Å². The number of nitrogens with zero attached hydrogens (tertiary/aromatic N) is 1. The molecule has 0 saturated heterocycles. The first kappa shape index (κ1) is 18.2. The van der Waals surface area contributed by atoms with Crippen LogP contribution in [-0.4, -0.2) is 25.1 Å². The van der Waals surface area contributed by atoms with Gasteiger partial charge in [0.1, 0.15) is 23.0 Å². The number of hydrogen-bond acceptors (Lipinski definition) is 5. The van der Waals surface area contributed by atoms with Crippen molar-refractivity contribution in [3.8, 4) is 11.5 Å². The van der Waals surface area contributed by atoms with Gasteiger partial charge < -0.3 is 20.1 Å². The summed E-state index contributed by atoms with van der Waals surface area (Å²) < 4.78 is 23.6. The van der Waals surface area contributed by atoms with Crippen molar-refractivity contribution in [2.24, 2.45) is 0 Å². The molecule has 2 N–H and O–H groups in total. The van der Waals surface area contributed by atoms with Crippen LogP contribution >= 0.6 is 0 Å². The monoisotopic (exact) mass is 367 g/mol. The summed E-state index contributed by atoms with van der Waals surface area (Å²) in [7, 11) is 3.06. The molecule has 27 heavy (non-hydrogen) atoms. The van der Waals surface area contributed by atoms with Crippen molar-refractivity contribution in [3.63, 3.8) is 0 Å². The van der Waals surface area contributed by atoms with Crippen LogP contribution in [0.3, 0.4) is 0 Å². The largest absolute Gasteiger partial charge is 0.497 e. The number of halogens is 1. The van der Waals surface area contributed by atoms with Crippen molar-refractivity contribution in [1.82, 2.24) is 4.98 Å². The fourth-order valence-electron chi connectivity index (χ4n) is 2.42. The predicted molar refractivity (Wildman–Crippen MR) is 101 cm³/mol. The van der Waals surface area contributed by atoms with Gasteiger partial charge in [0.15, 0.2) is 0 Å². The predicted octanol–water partition coefficient (Wildman–Crippen LogP) is 4.23. The standard InChI is InChI=1S/C20H18FN3O3/c1-26-16-7-9-17(19(11-16)27-2)24-20(25)18-8-6-15(12-22-18)23-14-5-3-4-13(21)10-14/h3-12,23H,1-2H3,(H,24,25). The molecule has 7 heteroatoms. The molecule has 0 unspecified atom stereocenters. The molecular weight excluding hydrogens is 349 g/mol. The topological polar surface area (TPSA) is 72.5 Å². The zero-order chi connectivity index (χ0) is 19.2. The highest BCUT2D eigenvalue weighted by Gasteiger charge is 2.12. The van der Waals surface area contributed by atoms with E-state index in [9.17, 15) is 9.18 Å². The van der Waals surface area contributed by atoms with E-state index in [0.29, 0.717) is 28.6 Å². The summed E-state index contributed by atoms with van der Waals surface area (Å²) in [6.45, 7) is 0. The molecule has 3 aromatic rings. The number of methoxy groups -OCH3 is 2. The van der Waals surface area contributed by atoms with E-state index in [1.807, 2.05) is 0 Å². The molecule has 0 radical (unpaired) electrons. The molecule has 6 nitrogen and oxygen atoms in total. The lowest BCUT2D eigenvalue weighted by Gasteiger charge is -2.11. The van der Waals surface area contributed by atoms with E-state index >= 15 is 0 Å². The van der Waals surface area contributed by atoms with Crippen molar-refractivity contribution in [2.75, 3.05) is 24.9 Å². The summed E-state index contributed by atoms with van der Waals surface area (Å²) in [5, 5.41) is 5.78. The minimum Gasteiger partial charge on any atom is -0.497 e. The van der Waals surface area contributed by atoms with Gasteiger partial charge in [0.05, 0.1) is 31.8 Å². The first-order chi connectivity index (χ1) is 13.1. The molecular formula is C20H18FN3O3. The molecule has 0 aliphatic heterocycles. The van der Waals surface area contributed by atoms with Crippen LogP contribution in [-0.2, 0) is 0 Å². The van der Waals surface area contributed by atoms with Crippen LogP contribution in [0, 0.1) is 5.82 Å². The third-order valence-electron chi connectivity index (χ3n) is 3.77. The molecule has 0 fully saturated rings. The minimum absolute atomic E-state index is 0.234. The number of carbonyl (C=O) groups excluding carboxylic acids is 1. The number of anilines is 3. The zero-order valence-corrected chi connectivity index (χ0v) is 14.8. The molecule has 0 aliphatic rings. The smallest absolute Gasteiger partial charge is 0.274 e. The van der Waals surface area contributed by atoms with Gasteiger partial charge >= 0.3 is 0 Å². The number of carbonyl (C=O) groups is 1. The number of pyridine rings is 1. The normalized spacial score (nSPS) is 10.2. The Bertz CT molecular complexity index is 945. The Kier molecular flexibility index (Phi) is 5.51. The molecule has 0 aliphatic carbocycles. The summed E-state index contributed by atoms with van der Waals surface area (Å²) in [4.78, 5) is 16.6. The Morgan fingerprint density at radius 2 is 1.85 bits per heavy atom. The van der Waals surface area contributed by atoms with Gasteiger partial charge in [0.25, 0.3) is 5.91 Å². The highest BCUT2D eigenvalue weighted by molar-refractivity contribution is 6.03. The molecule has 1 amide bonds. The second-order valence-corrected chi connectivity index (χ2v) is 5.59. The maximum Gasteiger partial charge on any atom is 0.274 e. The van der Waals surface area contributed by atoms with E-state index in [1.165, 1.54) is 25.4 Å². The van der Waals surface area contributed by atoms with Crippen molar-refractivity contribution >= 4 is 23.0 Å². The molecule has 2 aromatic carbocycles. The maximum atomic E-state index is 13.2. The van der Waals surface area contributed by atoms with Crippen molar-refractivity contribution in [1.29, 1.82) is 0 Å². The van der Waals surface area contributed by atoms with Crippen LogP contribution in [0.2, 0.25) is 0 Å². The molecule has 3 rings (SSSR count). The molecule has 0 saturated carbocycles. The second-order valence-electron chi connectivity index (χ2n) is 5.59. The number of benzene rings is 2. The number of rotatable bonds is 6. The van der Waals surface area contributed by atoms with Crippen LogP contribution in [0.5, 0.6) is 11.5 Å². The summed E-state index contributed by atoms with van der Waals surface area (Å²) in [6, 6.07) is 14.4. The van der Waals surface area contributed by atoms with Crippen molar-refractivity contribution in [2.45, 2.75) is 0 Å². The average molecular weight is 367 g/mol. The molecule has 0 spiro atoms. The van der Waals surface area contributed by atoms with Gasteiger partial charge in [-0.1, -0.05) is 6.07 Å².